The molecule has 0 atom stereocenters. The summed E-state index contributed by atoms with van der Waals surface area (Å²) in [5, 5.41) is 0. The van der Waals surface area contributed by atoms with Crippen molar-refractivity contribution in [2.24, 2.45) is 0 Å². The quantitative estimate of drug-likeness (QED) is 0.345. The van der Waals surface area contributed by atoms with Crippen LogP contribution < -0.4 is 0 Å². The van der Waals surface area contributed by atoms with E-state index in [9.17, 15) is 9.59 Å². The smallest absolute Gasteiger partial charge is 0.332 e. The lowest BCUT2D eigenvalue weighted by molar-refractivity contribution is -0.148. The number of ether oxygens (including phenoxy) is 2. The largest absolute Gasteiger partial charge is 0.464 e. The number of aryl methyl sites for hydroxylation is 1. The van der Waals surface area contributed by atoms with Crippen molar-refractivity contribution < 1.29 is 19.1 Å². The highest BCUT2D eigenvalue weighted by Gasteiger charge is 2.08. The first kappa shape index (κ1) is 19.9. The van der Waals surface area contributed by atoms with E-state index in [1.54, 1.807) is 6.92 Å². The van der Waals surface area contributed by atoms with E-state index >= 15 is 0 Å². The van der Waals surface area contributed by atoms with Crippen LogP contribution in [0.2, 0.25) is 0 Å². The van der Waals surface area contributed by atoms with Gasteiger partial charge in [-0.25, -0.2) is 4.79 Å². The third-order valence-electron chi connectivity index (χ3n) is 4.03. The average molecular weight is 354 g/mol. The third kappa shape index (κ3) is 6.81. The molecule has 0 saturated carbocycles. The highest BCUT2D eigenvalue weighted by molar-refractivity contribution is 6.08. The number of hydrogen-bond donors (Lipinski definition) is 0. The van der Waals surface area contributed by atoms with Crippen LogP contribution in [0.3, 0.4) is 0 Å². The highest BCUT2D eigenvalue weighted by atomic mass is 16.6. The molecule has 0 N–H and O–H groups in total. The normalized spacial score (nSPS) is 10.5. The van der Waals surface area contributed by atoms with Crippen molar-refractivity contribution in [2.75, 3.05) is 19.8 Å². The van der Waals surface area contributed by atoms with Crippen LogP contribution in [-0.2, 0) is 20.7 Å². The van der Waals surface area contributed by atoms with E-state index in [1.165, 1.54) is 5.56 Å². The molecule has 138 valence electrons. The van der Waals surface area contributed by atoms with Gasteiger partial charge in [-0.05, 0) is 31.7 Å². The van der Waals surface area contributed by atoms with Crippen LogP contribution in [0.5, 0.6) is 0 Å². The second-order valence-corrected chi connectivity index (χ2v) is 6.06. The molecule has 2 rings (SSSR count). The van der Waals surface area contributed by atoms with Crippen LogP contribution in [0, 0.1) is 0 Å². The zero-order valence-electron chi connectivity index (χ0n) is 15.3. The average Bonchev–Trinajstić information content (AvgIpc) is 2.68. The Bertz CT molecular complexity index is 677. The van der Waals surface area contributed by atoms with E-state index in [1.807, 2.05) is 54.6 Å². The molecule has 0 saturated heterocycles. The molecule has 0 aliphatic carbocycles. The maximum atomic E-state index is 12.4. The number of hydrogen-bond acceptors (Lipinski definition) is 4. The van der Waals surface area contributed by atoms with Crippen LogP contribution in [-0.4, -0.2) is 31.6 Å². The van der Waals surface area contributed by atoms with E-state index in [2.05, 4.69) is 0 Å². The van der Waals surface area contributed by atoms with Gasteiger partial charge in [-0.2, -0.15) is 0 Å². The zero-order valence-corrected chi connectivity index (χ0v) is 15.3. The van der Waals surface area contributed by atoms with Crippen LogP contribution in [0.4, 0.5) is 0 Å². The van der Waals surface area contributed by atoms with Crippen LogP contribution in [0.1, 0.15) is 47.7 Å². The molecule has 0 aromatic heterocycles. The zero-order chi connectivity index (χ0) is 18.6. The Labute approximate surface area is 155 Å². The topological polar surface area (TPSA) is 52.6 Å². The van der Waals surface area contributed by atoms with Gasteiger partial charge in [0.25, 0.3) is 0 Å². The van der Waals surface area contributed by atoms with E-state index in [-0.39, 0.29) is 18.4 Å². The van der Waals surface area contributed by atoms with Crippen LogP contribution in [0.15, 0.2) is 54.6 Å². The Kier molecular flexibility index (Phi) is 8.56. The summed E-state index contributed by atoms with van der Waals surface area (Å²) in [4.78, 5) is 23.5. The van der Waals surface area contributed by atoms with Crippen molar-refractivity contribution in [2.45, 2.75) is 32.6 Å². The number of esters is 1. The summed E-state index contributed by atoms with van der Waals surface area (Å²) in [7, 11) is 0. The molecule has 0 bridgehead atoms. The molecule has 26 heavy (non-hydrogen) atoms. The fourth-order valence-electron chi connectivity index (χ4n) is 2.65. The van der Waals surface area contributed by atoms with E-state index in [0.29, 0.717) is 24.3 Å². The monoisotopic (exact) mass is 354 g/mol. The summed E-state index contributed by atoms with van der Waals surface area (Å²) in [6, 6.07) is 17.2. The molecule has 0 heterocycles. The number of carbonyl (C=O) groups is 2. The third-order valence-corrected chi connectivity index (χ3v) is 4.03. The molecule has 0 aliphatic rings. The number of carbonyl (C=O) groups excluding carboxylic acids is 2. The molecule has 0 fully saturated rings. The summed E-state index contributed by atoms with van der Waals surface area (Å²) in [5.41, 5.74) is 2.65. The van der Waals surface area contributed by atoms with E-state index < -0.39 is 0 Å². The molecule has 4 heteroatoms. The van der Waals surface area contributed by atoms with Crippen molar-refractivity contribution in [3.63, 3.8) is 0 Å². The number of benzene rings is 2. The summed E-state index contributed by atoms with van der Waals surface area (Å²) >= 11 is 0. The molecule has 2 aromatic carbocycles. The highest BCUT2D eigenvalue weighted by Crippen LogP contribution is 2.13. The van der Waals surface area contributed by atoms with Gasteiger partial charge in [0.05, 0.1) is 6.61 Å². The summed E-state index contributed by atoms with van der Waals surface area (Å²) in [5.74, 6) is -0.256. The van der Waals surface area contributed by atoms with E-state index in [4.69, 9.17) is 9.47 Å². The Morgan fingerprint density at radius 3 is 2.23 bits per heavy atom. The number of unbranched alkanes of at least 4 members (excludes halogenated alkanes) is 2. The van der Waals surface area contributed by atoms with Crippen molar-refractivity contribution in [1.29, 1.82) is 0 Å². The first-order chi connectivity index (χ1) is 12.7. The maximum absolute atomic E-state index is 12.4. The lowest BCUT2D eigenvalue weighted by atomic mass is 10.0. The molecule has 4 nitrogen and oxygen atoms in total. The molecule has 0 amide bonds. The van der Waals surface area contributed by atoms with Gasteiger partial charge in [0.15, 0.2) is 5.78 Å². The Balaban J connectivity index is 1.65. The van der Waals surface area contributed by atoms with Crippen molar-refractivity contribution >= 4 is 11.8 Å². The Morgan fingerprint density at radius 2 is 1.54 bits per heavy atom. The second kappa shape index (κ2) is 11.2. The minimum absolute atomic E-state index is 0.0325. The van der Waals surface area contributed by atoms with Gasteiger partial charge >= 0.3 is 5.97 Å². The molecule has 0 radical (unpaired) electrons. The van der Waals surface area contributed by atoms with Gasteiger partial charge in [-0.3, -0.25) is 4.79 Å². The minimum Gasteiger partial charge on any atom is -0.464 e. The first-order valence-corrected chi connectivity index (χ1v) is 9.12. The van der Waals surface area contributed by atoms with Crippen LogP contribution in [0.25, 0.3) is 0 Å². The maximum Gasteiger partial charge on any atom is 0.332 e. The predicted molar refractivity (Wildman–Crippen MR) is 101 cm³/mol. The van der Waals surface area contributed by atoms with Gasteiger partial charge in [0.1, 0.15) is 6.61 Å². The number of rotatable bonds is 11. The Hall–Kier alpha value is -2.46. The molecule has 0 spiro atoms. The van der Waals surface area contributed by atoms with Gasteiger partial charge in [-0.15, -0.1) is 0 Å². The fraction of sp³-hybridized carbons (Fsp3) is 0.364. The minimum atomic E-state index is -0.308. The molecular formula is C22H26O4. The number of ketones is 1. The van der Waals surface area contributed by atoms with Crippen molar-refractivity contribution in [1.82, 2.24) is 0 Å². The summed E-state index contributed by atoms with van der Waals surface area (Å²) < 4.78 is 10.1. The predicted octanol–water partition coefficient (Wildman–Crippen LogP) is 4.21. The Morgan fingerprint density at radius 1 is 0.846 bits per heavy atom. The SMILES string of the molecule is CCOC(=O)COCCCCCc1ccc(C(=O)c2ccccc2)cc1. The molecule has 2 aromatic rings. The summed E-state index contributed by atoms with van der Waals surface area (Å²) in [6.07, 6.45) is 3.98. The van der Waals surface area contributed by atoms with Gasteiger partial charge in [0.2, 0.25) is 0 Å². The lowest BCUT2D eigenvalue weighted by Crippen LogP contribution is -2.12. The van der Waals surface area contributed by atoms with Crippen molar-refractivity contribution in [3.8, 4) is 0 Å². The second-order valence-electron chi connectivity index (χ2n) is 6.06. The molecule has 0 aliphatic heterocycles. The van der Waals surface area contributed by atoms with Gasteiger partial charge in [-0.1, -0.05) is 61.0 Å². The van der Waals surface area contributed by atoms with Crippen molar-refractivity contribution in [3.05, 3.63) is 71.3 Å². The standard InChI is InChI=1S/C22H26O4/c1-2-26-21(23)17-25-16-8-4-5-9-18-12-14-20(15-13-18)22(24)19-10-6-3-7-11-19/h3,6-7,10-15H,2,4-5,8-9,16-17H2,1H3. The van der Waals surface area contributed by atoms with E-state index in [0.717, 1.165) is 25.7 Å². The summed E-state index contributed by atoms with van der Waals surface area (Å²) in [6.45, 7) is 2.77. The fourth-order valence-corrected chi connectivity index (χ4v) is 2.65. The molecular weight excluding hydrogens is 328 g/mol. The first-order valence-electron chi connectivity index (χ1n) is 9.12. The van der Waals surface area contributed by atoms with Gasteiger partial charge in [0, 0.05) is 17.7 Å². The van der Waals surface area contributed by atoms with Gasteiger partial charge < -0.3 is 9.47 Å². The lowest BCUT2D eigenvalue weighted by Gasteiger charge is -2.05. The molecule has 0 unspecified atom stereocenters. The van der Waals surface area contributed by atoms with Crippen LogP contribution >= 0.6 is 0 Å².